The van der Waals surface area contributed by atoms with Gasteiger partial charge in [-0.15, -0.1) is 0 Å². The van der Waals surface area contributed by atoms with E-state index in [0.29, 0.717) is 37.2 Å². The Balaban J connectivity index is 2.47. The molecule has 0 radical (unpaired) electrons. The van der Waals surface area contributed by atoms with Gasteiger partial charge in [-0.1, -0.05) is 0 Å². The van der Waals surface area contributed by atoms with Crippen LogP contribution in [-0.4, -0.2) is 41.5 Å². The van der Waals surface area contributed by atoms with Crippen molar-refractivity contribution in [3.05, 3.63) is 29.3 Å². The molecular weight excluding hydrogens is 256 g/mol. The average Bonchev–Trinajstić information content (AvgIpc) is 2.43. The van der Waals surface area contributed by atoms with Crippen LogP contribution < -0.4 is 5.32 Å². The van der Waals surface area contributed by atoms with Gasteiger partial charge in [0.25, 0.3) is 5.91 Å². The summed E-state index contributed by atoms with van der Waals surface area (Å²) < 4.78 is 0. The van der Waals surface area contributed by atoms with Crippen LogP contribution in [0, 0.1) is 6.92 Å². The molecule has 0 saturated heterocycles. The molecule has 0 heterocycles. The van der Waals surface area contributed by atoms with Gasteiger partial charge < -0.3 is 15.3 Å². The number of phenolic OH excluding ortho intramolecular Hbond substituents is 1. The van der Waals surface area contributed by atoms with Crippen molar-refractivity contribution < 1.29 is 14.7 Å². The number of aryl methyl sites for hydroxylation is 1. The molecule has 5 heteroatoms. The monoisotopic (exact) mass is 278 g/mol. The van der Waals surface area contributed by atoms with Gasteiger partial charge in [-0.05, 0) is 44.5 Å². The van der Waals surface area contributed by atoms with Crippen LogP contribution in [0.2, 0.25) is 0 Å². The minimum atomic E-state index is -0.236. The summed E-state index contributed by atoms with van der Waals surface area (Å²) in [4.78, 5) is 25.4. The Morgan fingerprint density at radius 2 is 1.90 bits per heavy atom. The Morgan fingerprint density at radius 1 is 1.25 bits per heavy atom. The molecule has 0 aliphatic carbocycles. The fourth-order valence-electron chi connectivity index (χ4n) is 1.92. The SMILES string of the molecule is CCN(CC)C(=O)CCNC(=O)c1ccc(O)c(C)c1. The first-order valence-corrected chi connectivity index (χ1v) is 6.85. The van der Waals surface area contributed by atoms with E-state index in [1.165, 1.54) is 6.07 Å². The van der Waals surface area contributed by atoms with E-state index in [9.17, 15) is 14.7 Å². The van der Waals surface area contributed by atoms with Crippen LogP contribution in [0.15, 0.2) is 18.2 Å². The Bertz CT molecular complexity index is 482. The molecule has 1 aromatic carbocycles. The van der Waals surface area contributed by atoms with Crippen molar-refractivity contribution in [2.45, 2.75) is 27.2 Å². The molecule has 110 valence electrons. The molecule has 0 aliphatic rings. The van der Waals surface area contributed by atoms with Gasteiger partial charge in [-0.25, -0.2) is 0 Å². The Kier molecular flexibility index (Phi) is 6.03. The summed E-state index contributed by atoms with van der Waals surface area (Å²) in [7, 11) is 0. The summed E-state index contributed by atoms with van der Waals surface area (Å²) in [5.74, 6) is -0.0316. The number of aromatic hydroxyl groups is 1. The standard InChI is InChI=1S/C15H22N2O3/c1-4-17(5-2)14(19)8-9-16-15(20)12-6-7-13(18)11(3)10-12/h6-7,10,18H,4-5,8-9H2,1-3H3,(H,16,20). The first-order chi connectivity index (χ1) is 9.49. The average molecular weight is 278 g/mol. The molecular formula is C15H22N2O3. The quantitative estimate of drug-likeness (QED) is 0.832. The third-order valence-electron chi connectivity index (χ3n) is 3.20. The van der Waals surface area contributed by atoms with Crippen LogP contribution in [-0.2, 0) is 4.79 Å². The molecule has 0 unspecified atom stereocenters. The third-order valence-corrected chi connectivity index (χ3v) is 3.20. The second-order valence-electron chi connectivity index (χ2n) is 4.57. The molecule has 5 nitrogen and oxygen atoms in total. The fraction of sp³-hybridized carbons (Fsp3) is 0.467. The van der Waals surface area contributed by atoms with Gasteiger partial charge in [0.1, 0.15) is 5.75 Å². The van der Waals surface area contributed by atoms with Crippen molar-refractivity contribution in [1.82, 2.24) is 10.2 Å². The molecule has 1 aromatic rings. The summed E-state index contributed by atoms with van der Waals surface area (Å²) in [6, 6.07) is 4.67. The van der Waals surface area contributed by atoms with Crippen LogP contribution in [0.1, 0.15) is 36.2 Å². The molecule has 2 N–H and O–H groups in total. The number of amides is 2. The van der Waals surface area contributed by atoms with E-state index >= 15 is 0 Å². The summed E-state index contributed by atoms with van der Waals surface area (Å²) in [5, 5.41) is 12.1. The summed E-state index contributed by atoms with van der Waals surface area (Å²) in [5.41, 5.74) is 1.13. The number of phenols is 1. The van der Waals surface area contributed by atoms with E-state index in [1.54, 1.807) is 24.0 Å². The van der Waals surface area contributed by atoms with E-state index < -0.39 is 0 Å². The zero-order valence-corrected chi connectivity index (χ0v) is 12.3. The molecule has 0 saturated carbocycles. The first-order valence-electron chi connectivity index (χ1n) is 6.85. The minimum absolute atomic E-state index is 0.0391. The van der Waals surface area contributed by atoms with E-state index in [-0.39, 0.29) is 17.6 Å². The van der Waals surface area contributed by atoms with Gasteiger partial charge in [-0.3, -0.25) is 9.59 Å². The van der Waals surface area contributed by atoms with Crippen molar-refractivity contribution in [2.75, 3.05) is 19.6 Å². The van der Waals surface area contributed by atoms with Gasteiger partial charge in [0.15, 0.2) is 0 Å². The molecule has 0 fully saturated rings. The second kappa shape index (κ2) is 7.53. The van der Waals surface area contributed by atoms with Crippen molar-refractivity contribution >= 4 is 11.8 Å². The highest BCUT2D eigenvalue weighted by Gasteiger charge is 2.11. The molecule has 1 rings (SSSR count). The first kappa shape index (κ1) is 16.0. The third kappa shape index (κ3) is 4.26. The van der Waals surface area contributed by atoms with E-state index in [1.807, 2.05) is 13.8 Å². The number of carbonyl (C=O) groups is 2. The van der Waals surface area contributed by atoms with Crippen LogP contribution in [0.25, 0.3) is 0 Å². The van der Waals surface area contributed by atoms with Gasteiger partial charge >= 0.3 is 0 Å². The Labute approximate surface area is 119 Å². The highest BCUT2D eigenvalue weighted by molar-refractivity contribution is 5.94. The smallest absolute Gasteiger partial charge is 0.251 e. The summed E-state index contributed by atoms with van der Waals surface area (Å²) in [6.45, 7) is 7.27. The van der Waals surface area contributed by atoms with Gasteiger partial charge in [0.05, 0.1) is 0 Å². The number of benzene rings is 1. The normalized spacial score (nSPS) is 10.2. The van der Waals surface area contributed by atoms with Crippen LogP contribution in [0.5, 0.6) is 5.75 Å². The molecule has 0 bridgehead atoms. The van der Waals surface area contributed by atoms with Crippen molar-refractivity contribution in [2.24, 2.45) is 0 Å². The van der Waals surface area contributed by atoms with Gasteiger partial charge in [0.2, 0.25) is 5.91 Å². The lowest BCUT2D eigenvalue weighted by Crippen LogP contribution is -2.34. The largest absolute Gasteiger partial charge is 0.508 e. The molecule has 0 aliphatic heterocycles. The highest BCUT2D eigenvalue weighted by atomic mass is 16.3. The zero-order valence-electron chi connectivity index (χ0n) is 12.3. The molecule has 0 spiro atoms. The molecule has 2 amide bonds. The molecule has 20 heavy (non-hydrogen) atoms. The van der Waals surface area contributed by atoms with Crippen molar-refractivity contribution in [1.29, 1.82) is 0 Å². The number of nitrogens with one attached hydrogen (secondary N) is 1. The second-order valence-corrected chi connectivity index (χ2v) is 4.57. The maximum absolute atomic E-state index is 11.9. The number of nitrogens with zero attached hydrogens (tertiary/aromatic N) is 1. The summed E-state index contributed by atoms with van der Waals surface area (Å²) in [6.07, 6.45) is 0.296. The highest BCUT2D eigenvalue weighted by Crippen LogP contribution is 2.16. The maximum Gasteiger partial charge on any atom is 0.251 e. The lowest BCUT2D eigenvalue weighted by molar-refractivity contribution is -0.130. The van der Waals surface area contributed by atoms with E-state index in [4.69, 9.17) is 0 Å². The van der Waals surface area contributed by atoms with Gasteiger partial charge in [0, 0.05) is 31.6 Å². The predicted molar refractivity (Wildman–Crippen MR) is 77.7 cm³/mol. The topological polar surface area (TPSA) is 69.6 Å². The van der Waals surface area contributed by atoms with Crippen molar-refractivity contribution in [3.63, 3.8) is 0 Å². The van der Waals surface area contributed by atoms with Crippen LogP contribution in [0.3, 0.4) is 0 Å². The number of hydrogen-bond acceptors (Lipinski definition) is 3. The minimum Gasteiger partial charge on any atom is -0.508 e. The van der Waals surface area contributed by atoms with Crippen molar-refractivity contribution in [3.8, 4) is 5.75 Å². The molecule has 0 atom stereocenters. The lowest BCUT2D eigenvalue weighted by atomic mass is 10.1. The zero-order chi connectivity index (χ0) is 15.1. The number of carbonyl (C=O) groups excluding carboxylic acids is 2. The maximum atomic E-state index is 11.9. The lowest BCUT2D eigenvalue weighted by Gasteiger charge is -2.18. The van der Waals surface area contributed by atoms with Crippen LogP contribution >= 0.6 is 0 Å². The van der Waals surface area contributed by atoms with E-state index in [0.717, 1.165) is 0 Å². The number of rotatable bonds is 6. The Morgan fingerprint density at radius 3 is 2.45 bits per heavy atom. The van der Waals surface area contributed by atoms with Crippen LogP contribution in [0.4, 0.5) is 0 Å². The molecule has 0 aromatic heterocycles. The predicted octanol–water partition coefficient (Wildman–Crippen LogP) is 1.69. The van der Waals surface area contributed by atoms with Gasteiger partial charge in [-0.2, -0.15) is 0 Å². The number of hydrogen-bond donors (Lipinski definition) is 2. The van der Waals surface area contributed by atoms with E-state index in [2.05, 4.69) is 5.32 Å². The summed E-state index contributed by atoms with van der Waals surface area (Å²) >= 11 is 0. The Hall–Kier alpha value is -2.04. The fourth-order valence-corrected chi connectivity index (χ4v) is 1.92.